The van der Waals surface area contributed by atoms with Crippen molar-refractivity contribution in [3.05, 3.63) is 34.0 Å². The van der Waals surface area contributed by atoms with Gasteiger partial charge in [0.05, 0.1) is 24.2 Å². The lowest BCUT2D eigenvalue weighted by molar-refractivity contribution is -0.944. The third-order valence-electron chi connectivity index (χ3n) is 9.16. The van der Waals surface area contributed by atoms with Crippen molar-refractivity contribution in [3.8, 4) is 11.5 Å². The number of aromatic hydroxyl groups is 2. The second-order valence-corrected chi connectivity index (χ2v) is 13.9. The van der Waals surface area contributed by atoms with Gasteiger partial charge in [0.25, 0.3) is 11.8 Å². The van der Waals surface area contributed by atoms with Crippen molar-refractivity contribution in [1.29, 1.82) is 0 Å². The van der Waals surface area contributed by atoms with E-state index in [9.17, 15) is 39.6 Å². The number of quaternary nitrogens is 1. The fourth-order valence-corrected chi connectivity index (χ4v) is 8.20. The van der Waals surface area contributed by atoms with E-state index in [0.29, 0.717) is 34.4 Å². The molecule has 0 spiro atoms. The Morgan fingerprint density at radius 2 is 1.84 bits per heavy atom. The topological polar surface area (TPSA) is 212 Å². The molecule has 1 aromatic rings. The highest BCUT2D eigenvalue weighted by Crippen LogP contribution is 2.45. The van der Waals surface area contributed by atoms with Crippen molar-refractivity contribution >= 4 is 52.8 Å². The molecule has 4 aliphatic heterocycles. The zero-order valence-electron chi connectivity index (χ0n) is 24.3. The fourth-order valence-electron chi connectivity index (χ4n) is 6.62. The number of likely N-dealkylation sites (N-methyl/N-ethyl adjacent to an activating group) is 1. The number of carbonyl (C=O) groups is 4. The summed E-state index contributed by atoms with van der Waals surface area (Å²) in [4.78, 5) is 57.3. The highest BCUT2D eigenvalue weighted by molar-refractivity contribution is 8.00. The van der Waals surface area contributed by atoms with E-state index in [-0.39, 0.29) is 17.3 Å². The number of amides is 2. The average molecular weight is 653 g/mol. The van der Waals surface area contributed by atoms with Gasteiger partial charge in [-0.05, 0) is 26.0 Å². The number of aliphatic carboxylic acids is 2. The number of halogens is 1. The molecule has 44 heavy (non-hydrogen) atoms. The first-order valence-corrected chi connectivity index (χ1v) is 15.5. The van der Waals surface area contributed by atoms with Gasteiger partial charge in [0.15, 0.2) is 17.2 Å². The van der Waals surface area contributed by atoms with E-state index < -0.39 is 63.0 Å². The molecule has 1 aromatic carbocycles. The van der Waals surface area contributed by atoms with Crippen LogP contribution in [-0.2, 0) is 24.0 Å². The largest absolute Gasteiger partial charge is 0.504 e. The van der Waals surface area contributed by atoms with Gasteiger partial charge in [0.1, 0.15) is 23.7 Å². The number of thioether (sulfide) groups is 1. The second kappa shape index (κ2) is 11.4. The van der Waals surface area contributed by atoms with Crippen LogP contribution >= 0.6 is 23.4 Å². The molecule has 4 heterocycles. The Morgan fingerprint density at radius 3 is 2.43 bits per heavy atom. The van der Waals surface area contributed by atoms with E-state index in [0.717, 1.165) is 31.7 Å². The molecular weight excluding hydrogens is 618 g/mol. The van der Waals surface area contributed by atoms with Crippen LogP contribution in [0.5, 0.6) is 11.5 Å². The quantitative estimate of drug-likeness (QED) is 0.0732. The van der Waals surface area contributed by atoms with Gasteiger partial charge in [0.2, 0.25) is 5.60 Å². The van der Waals surface area contributed by atoms with E-state index in [1.165, 1.54) is 36.6 Å². The predicted octanol–water partition coefficient (Wildman–Crippen LogP) is 1.17. The van der Waals surface area contributed by atoms with Crippen molar-refractivity contribution < 1.29 is 48.9 Å². The van der Waals surface area contributed by atoms with Gasteiger partial charge in [0, 0.05) is 48.6 Å². The number of fused-ring (bicyclic) bond motifs is 3. The van der Waals surface area contributed by atoms with Crippen molar-refractivity contribution in [3.63, 3.8) is 0 Å². The van der Waals surface area contributed by atoms with Gasteiger partial charge in [-0.25, -0.2) is 9.59 Å². The number of phenols is 2. The van der Waals surface area contributed by atoms with Crippen LogP contribution in [0, 0.1) is 0 Å². The minimum atomic E-state index is -1.87. The van der Waals surface area contributed by atoms with Crippen LogP contribution in [0.3, 0.4) is 0 Å². The molecule has 0 unspecified atom stereocenters. The standard InChI is InChI=1S/C28H34ClN5O9S/c1-28(2,27(41)42)43-32-19(16-6-7-17(35)22(36)18(16)29)23(37)31-20-24(38)33-21(26(39)40)12(11-44-25(20)33)10-34(3)14-4-5-15(34)9-13(30)8-14/h6-7,13-15,20,25H,4-5,8-11,30H2,1-3H3,(H4-,31,32,35,36,37,39,40,41,42)/p+1/t13?,14-,15-,20+,25+,34?/m0/s1. The molecule has 0 saturated carbocycles. The summed E-state index contributed by atoms with van der Waals surface area (Å²) in [6.07, 6.45) is 3.79. The number of nitrogens with two attached hydrogens (primary N) is 1. The summed E-state index contributed by atoms with van der Waals surface area (Å²) in [5, 5.41) is 44.6. The molecule has 7 N–H and O–H groups in total. The van der Waals surface area contributed by atoms with Gasteiger partial charge in [-0.3, -0.25) is 14.5 Å². The number of carbonyl (C=O) groups excluding carboxylic acids is 2. The molecule has 16 heteroatoms. The van der Waals surface area contributed by atoms with Crippen LogP contribution in [-0.4, -0.2) is 114 Å². The van der Waals surface area contributed by atoms with Crippen molar-refractivity contribution in [2.75, 3.05) is 19.3 Å². The third-order valence-corrected chi connectivity index (χ3v) is 10.9. The molecule has 3 fully saturated rings. The number of carboxylic acids is 2. The normalized spacial score (nSPS) is 30.0. The first kappa shape index (κ1) is 31.9. The highest BCUT2D eigenvalue weighted by Gasteiger charge is 2.57. The lowest BCUT2D eigenvalue weighted by Gasteiger charge is -2.51. The summed E-state index contributed by atoms with van der Waals surface area (Å²) in [7, 11) is 2.14. The van der Waals surface area contributed by atoms with Crippen molar-refractivity contribution in [2.45, 2.75) is 74.7 Å². The average Bonchev–Trinajstić information content (AvgIpc) is 3.10. The number of hydrogen-bond donors (Lipinski definition) is 6. The Labute approximate surface area is 262 Å². The fraction of sp³-hybridized carbons (Fsp3) is 0.536. The van der Waals surface area contributed by atoms with Crippen LogP contribution in [0.4, 0.5) is 0 Å². The number of nitrogens with zero attached hydrogens (tertiary/aromatic N) is 3. The number of nitrogens with one attached hydrogen (secondary N) is 1. The zero-order chi connectivity index (χ0) is 32.3. The molecule has 0 aromatic heterocycles. The number of β-lactam (4-membered cyclic amide) rings is 1. The highest BCUT2D eigenvalue weighted by atomic mass is 35.5. The number of carboxylic acid groups (broad SMARTS) is 2. The van der Waals surface area contributed by atoms with Gasteiger partial charge < -0.3 is 40.8 Å². The number of hydrogen-bond acceptors (Lipinski definition) is 10. The molecule has 2 amide bonds. The van der Waals surface area contributed by atoms with Crippen LogP contribution in [0.1, 0.15) is 45.1 Å². The second-order valence-electron chi connectivity index (χ2n) is 12.4. The molecule has 2 bridgehead atoms. The maximum Gasteiger partial charge on any atom is 0.352 e. The number of phenolic OH excluding ortho intramolecular Hbond substituents is 2. The third kappa shape index (κ3) is 5.35. The van der Waals surface area contributed by atoms with E-state index in [2.05, 4.69) is 17.5 Å². The Hall–Kier alpha value is -3.53. The van der Waals surface area contributed by atoms with E-state index >= 15 is 0 Å². The van der Waals surface area contributed by atoms with Crippen LogP contribution in [0.2, 0.25) is 5.02 Å². The Morgan fingerprint density at radius 1 is 1.20 bits per heavy atom. The summed E-state index contributed by atoms with van der Waals surface area (Å²) in [6.45, 7) is 2.88. The predicted molar refractivity (Wildman–Crippen MR) is 159 cm³/mol. The summed E-state index contributed by atoms with van der Waals surface area (Å²) in [5.74, 6) is -5.23. The number of oxime groups is 1. The molecule has 238 valence electrons. The van der Waals surface area contributed by atoms with Crippen molar-refractivity contribution in [2.24, 2.45) is 10.9 Å². The molecule has 3 saturated heterocycles. The lowest BCUT2D eigenvalue weighted by Crippen LogP contribution is -2.71. The maximum atomic E-state index is 13.5. The summed E-state index contributed by atoms with van der Waals surface area (Å²) in [5.41, 5.74) is 4.19. The summed E-state index contributed by atoms with van der Waals surface area (Å²) >= 11 is 7.50. The first-order chi connectivity index (χ1) is 20.6. The molecule has 4 aliphatic rings. The Balaban J connectivity index is 1.40. The smallest absolute Gasteiger partial charge is 0.352 e. The van der Waals surface area contributed by atoms with E-state index in [1.807, 2.05) is 0 Å². The van der Waals surface area contributed by atoms with E-state index in [4.69, 9.17) is 22.2 Å². The number of rotatable bonds is 9. The monoisotopic (exact) mass is 652 g/mol. The molecule has 14 nitrogen and oxygen atoms in total. The van der Waals surface area contributed by atoms with Crippen LogP contribution in [0.25, 0.3) is 0 Å². The minimum absolute atomic E-state index is 0.0789. The molecular formula is C28H35ClN5O9S+. The number of piperidine rings is 1. The molecule has 0 radical (unpaired) electrons. The van der Waals surface area contributed by atoms with Crippen molar-refractivity contribution in [1.82, 2.24) is 10.2 Å². The van der Waals surface area contributed by atoms with E-state index in [1.54, 1.807) is 0 Å². The van der Waals surface area contributed by atoms with Gasteiger partial charge in [-0.1, -0.05) is 16.8 Å². The maximum absolute atomic E-state index is 13.5. The SMILES string of the molecule is CC(C)(O/N=C(\C(=O)N[C@@H]1C(=O)N2C(C(=O)O)=C(C[N+]3(C)[C@H]4CC[C@H]3CC(N)C4)CS[C@H]12)c1ccc(O)c(O)c1Cl)C(=O)O. The molecule has 4 atom stereocenters. The van der Waals surface area contributed by atoms with Gasteiger partial charge in [-0.15, -0.1) is 11.8 Å². The Kier molecular flexibility index (Phi) is 8.29. The molecule has 5 rings (SSSR count). The van der Waals surface area contributed by atoms with Gasteiger partial charge >= 0.3 is 11.9 Å². The summed E-state index contributed by atoms with van der Waals surface area (Å²) in [6, 6.07) is 1.85. The van der Waals surface area contributed by atoms with Crippen LogP contribution < -0.4 is 11.1 Å². The Bertz CT molecular complexity index is 1480. The minimum Gasteiger partial charge on any atom is -0.504 e. The number of benzene rings is 1. The zero-order valence-corrected chi connectivity index (χ0v) is 25.9. The first-order valence-electron chi connectivity index (χ1n) is 14.1. The summed E-state index contributed by atoms with van der Waals surface area (Å²) < 4.78 is 0.694. The van der Waals surface area contributed by atoms with Crippen LogP contribution in [0.15, 0.2) is 28.6 Å². The molecule has 0 aliphatic carbocycles. The van der Waals surface area contributed by atoms with Gasteiger partial charge in [-0.2, -0.15) is 0 Å². The lowest BCUT2D eigenvalue weighted by atomic mass is 9.93.